The van der Waals surface area contributed by atoms with Gasteiger partial charge in [-0.3, -0.25) is 4.79 Å². The van der Waals surface area contributed by atoms with E-state index < -0.39 is 0 Å². The molecule has 1 amide bonds. The first-order valence-electron chi connectivity index (χ1n) is 8.32. The second kappa shape index (κ2) is 9.36. The first kappa shape index (κ1) is 20.6. The molecule has 28 heavy (non-hydrogen) atoms. The molecule has 9 heteroatoms. The van der Waals surface area contributed by atoms with Gasteiger partial charge in [-0.05, 0) is 36.8 Å². The third kappa shape index (κ3) is 5.01. The van der Waals surface area contributed by atoms with Gasteiger partial charge in [-0.1, -0.05) is 63.6 Å². The highest BCUT2D eigenvalue weighted by molar-refractivity contribution is 9.10. The zero-order valence-corrected chi connectivity index (χ0v) is 18.3. The van der Waals surface area contributed by atoms with Crippen molar-refractivity contribution in [1.82, 2.24) is 20.2 Å². The minimum atomic E-state index is -0.219. The maximum atomic E-state index is 12.1. The Morgan fingerprint density at radius 3 is 2.64 bits per heavy atom. The van der Waals surface area contributed by atoms with E-state index in [1.807, 2.05) is 61.0 Å². The number of thioether (sulfide) groups is 1. The minimum Gasteiger partial charge on any atom is -0.305 e. The summed E-state index contributed by atoms with van der Waals surface area (Å²) >= 11 is 10.9. The standard InChI is InChI=1S/C19H17BrClN5OS/c1-12(13-7-9-14(20)10-8-13)22-23-17(27)11-28-19-25-24-18(26(19)2)15-5-3-4-6-16(15)21/h3-10H,11H2,1-2H3,(H,23,27)/b22-12-. The molecule has 0 saturated heterocycles. The molecule has 1 heterocycles. The number of hydrogen-bond donors (Lipinski definition) is 1. The average molecular weight is 479 g/mol. The SMILES string of the molecule is C/C(=N/NC(=O)CSc1nnc(-c2ccccc2Cl)n1C)c1ccc(Br)cc1. The molecule has 0 unspecified atom stereocenters. The number of rotatable bonds is 6. The zero-order chi connectivity index (χ0) is 20.1. The summed E-state index contributed by atoms with van der Waals surface area (Å²) in [7, 11) is 1.84. The average Bonchev–Trinajstić information content (AvgIpc) is 3.05. The lowest BCUT2D eigenvalue weighted by Crippen LogP contribution is -2.21. The Morgan fingerprint density at radius 1 is 1.21 bits per heavy atom. The van der Waals surface area contributed by atoms with Gasteiger partial charge < -0.3 is 4.57 Å². The van der Waals surface area contributed by atoms with Crippen molar-refractivity contribution in [3.05, 3.63) is 63.6 Å². The van der Waals surface area contributed by atoms with Gasteiger partial charge in [-0.25, -0.2) is 5.43 Å². The van der Waals surface area contributed by atoms with Gasteiger partial charge in [0.1, 0.15) is 0 Å². The van der Waals surface area contributed by atoms with Gasteiger partial charge in [-0.15, -0.1) is 10.2 Å². The third-order valence-corrected chi connectivity index (χ3v) is 5.77. The highest BCUT2D eigenvalue weighted by Crippen LogP contribution is 2.28. The van der Waals surface area contributed by atoms with Crippen LogP contribution in [0.5, 0.6) is 0 Å². The topological polar surface area (TPSA) is 72.2 Å². The van der Waals surface area contributed by atoms with Crippen LogP contribution >= 0.6 is 39.3 Å². The molecular weight excluding hydrogens is 462 g/mol. The van der Waals surface area contributed by atoms with Crippen molar-refractivity contribution >= 4 is 50.9 Å². The monoisotopic (exact) mass is 477 g/mol. The van der Waals surface area contributed by atoms with Crippen LogP contribution in [0, 0.1) is 0 Å². The molecule has 0 atom stereocenters. The molecule has 144 valence electrons. The number of carbonyl (C=O) groups excluding carboxylic acids is 1. The first-order valence-corrected chi connectivity index (χ1v) is 10.5. The van der Waals surface area contributed by atoms with Crippen molar-refractivity contribution in [2.24, 2.45) is 12.1 Å². The number of hydrazone groups is 1. The summed E-state index contributed by atoms with van der Waals surface area (Å²) in [5.41, 5.74) is 5.03. The van der Waals surface area contributed by atoms with Crippen LogP contribution in [-0.2, 0) is 11.8 Å². The minimum absolute atomic E-state index is 0.172. The normalized spacial score (nSPS) is 11.5. The zero-order valence-electron chi connectivity index (χ0n) is 15.2. The van der Waals surface area contributed by atoms with Crippen LogP contribution in [0.3, 0.4) is 0 Å². The van der Waals surface area contributed by atoms with Gasteiger partial charge in [0.15, 0.2) is 11.0 Å². The maximum Gasteiger partial charge on any atom is 0.250 e. The Hall–Kier alpha value is -2.16. The first-order chi connectivity index (χ1) is 13.5. The highest BCUT2D eigenvalue weighted by Gasteiger charge is 2.14. The van der Waals surface area contributed by atoms with Crippen LogP contribution in [0.4, 0.5) is 0 Å². The van der Waals surface area contributed by atoms with E-state index in [0.29, 0.717) is 16.0 Å². The summed E-state index contributed by atoms with van der Waals surface area (Å²) in [6, 6.07) is 15.2. The summed E-state index contributed by atoms with van der Waals surface area (Å²) in [6.45, 7) is 1.84. The predicted molar refractivity (Wildman–Crippen MR) is 117 cm³/mol. The Balaban J connectivity index is 1.60. The fourth-order valence-electron chi connectivity index (χ4n) is 2.38. The molecule has 0 bridgehead atoms. The number of nitrogens with one attached hydrogen (secondary N) is 1. The highest BCUT2D eigenvalue weighted by atomic mass is 79.9. The molecule has 6 nitrogen and oxygen atoms in total. The van der Waals surface area contributed by atoms with E-state index in [-0.39, 0.29) is 11.7 Å². The smallest absolute Gasteiger partial charge is 0.250 e. The molecule has 0 aliphatic carbocycles. The fraction of sp³-hybridized carbons (Fsp3) is 0.158. The number of benzene rings is 2. The Labute approximate surface area is 180 Å². The van der Waals surface area contributed by atoms with Crippen molar-refractivity contribution in [2.45, 2.75) is 12.1 Å². The van der Waals surface area contributed by atoms with Crippen molar-refractivity contribution in [3.63, 3.8) is 0 Å². The second-order valence-electron chi connectivity index (χ2n) is 5.87. The van der Waals surface area contributed by atoms with Gasteiger partial charge in [0, 0.05) is 17.1 Å². The number of carbonyl (C=O) groups is 1. The molecule has 2 aromatic carbocycles. The number of amides is 1. The van der Waals surface area contributed by atoms with E-state index in [1.165, 1.54) is 11.8 Å². The van der Waals surface area contributed by atoms with E-state index in [4.69, 9.17) is 11.6 Å². The van der Waals surface area contributed by atoms with Crippen LogP contribution in [0.2, 0.25) is 5.02 Å². The van der Waals surface area contributed by atoms with Crippen molar-refractivity contribution < 1.29 is 4.79 Å². The van der Waals surface area contributed by atoms with E-state index in [0.717, 1.165) is 21.3 Å². The van der Waals surface area contributed by atoms with Gasteiger partial charge >= 0.3 is 0 Å². The molecule has 0 saturated carbocycles. The van der Waals surface area contributed by atoms with Crippen molar-refractivity contribution in [3.8, 4) is 11.4 Å². The Bertz CT molecular complexity index is 1020. The predicted octanol–water partition coefficient (Wildman–Crippen LogP) is 4.53. The van der Waals surface area contributed by atoms with Gasteiger partial charge in [0.25, 0.3) is 5.91 Å². The number of hydrogen-bond acceptors (Lipinski definition) is 5. The number of halogens is 2. The second-order valence-corrected chi connectivity index (χ2v) is 8.14. The molecule has 1 aromatic heterocycles. The molecule has 3 aromatic rings. The number of aromatic nitrogens is 3. The van der Waals surface area contributed by atoms with Crippen LogP contribution in [-0.4, -0.2) is 32.1 Å². The summed E-state index contributed by atoms with van der Waals surface area (Å²) in [5.74, 6) is 0.604. The van der Waals surface area contributed by atoms with E-state index in [9.17, 15) is 4.79 Å². The molecule has 0 aliphatic heterocycles. The lowest BCUT2D eigenvalue weighted by molar-refractivity contribution is -0.118. The lowest BCUT2D eigenvalue weighted by Gasteiger charge is -2.05. The molecule has 3 rings (SSSR count). The molecule has 0 fully saturated rings. The largest absolute Gasteiger partial charge is 0.305 e. The van der Waals surface area contributed by atoms with Gasteiger partial charge in [0.2, 0.25) is 0 Å². The quantitative estimate of drug-likeness (QED) is 0.321. The third-order valence-electron chi connectivity index (χ3n) is 3.89. The summed E-state index contributed by atoms with van der Waals surface area (Å²) in [6.07, 6.45) is 0. The van der Waals surface area contributed by atoms with Gasteiger partial charge in [0.05, 0.1) is 16.5 Å². The molecule has 0 spiro atoms. The van der Waals surface area contributed by atoms with E-state index in [1.54, 1.807) is 6.07 Å². The summed E-state index contributed by atoms with van der Waals surface area (Å²) in [5, 5.41) is 13.7. The van der Waals surface area contributed by atoms with E-state index in [2.05, 4.69) is 36.7 Å². The van der Waals surface area contributed by atoms with Crippen LogP contribution in [0.25, 0.3) is 11.4 Å². The van der Waals surface area contributed by atoms with Crippen LogP contribution in [0.15, 0.2) is 63.3 Å². The van der Waals surface area contributed by atoms with Crippen molar-refractivity contribution in [1.29, 1.82) is 0 Å². The van der Waals surface area contributed by atoms with Crippen molar-refractivity contribution in [2.75, 3.05) is 5.75 Å². The lowest BCUT2D eigenvalue weighted by atomic mass is 10.1. The molecule has 1 N–H and O–H groups in total. The molecule has 0 aliphatic rings. The van der Waals surface area contributed by atoms with Crippen LogP contribution < -0.4 is 5.43 Å². The van der Waals surface area contributed by atoms with Gasteiger partial charge in [-0.2, -0.15) is 5.10 Å². The van der Waals surface area contributed by atoms with Crippen LogP contribution in [0.1, 0.15) is 12.5 Å². The summed E-state index contributed by atoms with van der Waals surface area (Å²) < 4.78 is 2.81. The maximum absolute atomic E-state index is 12.1. The Kier molecular flexibility index (Phi) is 6.88. The Morgan fingerprint density at radius 2 is 1.93 bits per heavy atom. The molecular formula is C19H17BrClN5OS. The fourth-order valence-corrected chi connectivity index (χ4v) is 3.57. The summed E-state index contributed by atoms with van der Waals surface area (Å²) in [4.78, 5) is 12.1. The van der Waals surface area contributed by atoms with E-state index >= 15 is 0 Å². The number of nitrogens with zero attached hydrogens (tertiary/aromatic N) is 4. The molecule has 0 radical (unpaired) electrons.